The number of benzene rings is 2. The van der Waals surface area contributed by atoms with Crippen molar-refractivity contribution in [2.24, 2.45) is 5.92 Å². The minimum absolute atomic E-state index is 0.0244. The number of hydrogen-bond acceptors (Lipinski definition) is 3. The summed E-state index contributed by atoms with van der Waals surface area (Å²) in [5.41, 5.74) is 2.09. The van der Waals surface area contributed by atoms with E-state index >= 15 is 0 Å². The second-order valence-electron chi connectivity index (χ2n) is 6.82. The van der Waals surface area contributed by atoms with Crippen LogP contribution in [0.1, 0.15) is 35.3 Å². The molecule has 0 bridgehead atoms. The van der Waals surface area contributed by atoms with Crippen LogP contribution in [-0.2, 0) is 9.59 Å². The lowest BCUT2D eigenvalue weighted by molar-refractivity contribution is -0.142. The van der Waals surface area contributed by atoms with Gasteiger partial charge >= 0.3 is 5.97 Å². The molecule has 0 radical (unpaired) electrons. The summed E-state index contributed by atoms with van der Waals surface area (Å²) in [5, 5.41) is 14.4. The summed E-state index contributed by atoms with van der Waals surface area (Å²) in [6.45, 7) is 5.31. The van der Waals surface area contributed by atoms with E-state index < -0.39 is 23.8 Å². The topological polar surface area (TPSA) is 95.5 Å². The maximum atomic E-state index is 12.7. The molecular formula is C22H24N2O4. The summed E-state index contributed by atoms with van der Waals surface area (Å²) in [5.74, 6) is -2.56. The number of nitrogens with one attached hydrogen (secondary N) is 2. The van der Waals surface area contributed by atoms with Crippen LogP contribution in [0.25, 0.3) is 6.08 Å². The van der Waals surface area contributed by atoms with Crippen molar-refractivity contribution in [3.8, 4) is 0 Å². The van der Waals surface area contributed by atoms with E-state index in [0.717, 1.165) is 5.56 Å². The first-order valence-corrected chi connectivity index (χ1v) is 8.96. The number of aliphatic carboxylic acids is 1. The molecule has 2 amide bonds. The molecule has 0 aliphatic rings. The number of carbonyl (C=O) groups excluding carboxylic acids is 2. The smallest absolute Gasteiger partial charge is 0.326 e. The average molecular weight is 380 g/mol. The van der Waals surface area contributed by atoms with Crippen LogP contribution in [0.5, 0.6) is 0 Å². The van der Waals surface area contributed by atoms with Gasteiger partial charge in [0.05, 0.1) is 0 Å². The van der Waals surface area contributed by atoms with Gasteiger partial charge in [-0.15, -0.1) is 0 Å². The third kappa shape index (κ3) is 5.81. The predicted molar refractivity (Wildman–Crippen MR) is 107 cm³/mol. The second kappa shape index (κ2) is 9.50. The molecule has 0 saturated carbocycles. The molecule has 3 N–H and O–H groups in total. The molecule has 0 spiro atoms. The number of carboxylic acid groups (broad SMARTS) is 1. The standard InChI is InChI=1S/C22H24N2O4/c1-14(2)19(22(27)28)24-21(26)18(13-16-7-5-4-6-8-16)23-20(25)17-11-9-15(3)10-12-17/h4-14,19H,1-3H3,(H,23,25)(H,24,26)(H,27,28)/b18-13+/t19-/m1/s1. The highest BCUT2D eigenvalue weighted by Crippen LogP contribution is 2.10. The predicted octanol–water partition coefficient (Wildman–Crippen LogP) is 2.99. The summed E-state index contributed by atoms with van der Waals surface area (Å²) >= 11 is 0. The van der Waals surface area contributed by atoms with E-state index in [1.807, 2.05) is 13.0 Å². The number of carboxylic acids is 1. The highest BCUT2D eigenvalue weighted by Gasteiger charge is 2.25. The van der Waals surface area contributed by atoms with Crippen molar-refractivity contribution < 1.29 is 19.5 Å². The van der Waals surface area contributed by atoms with E-state index in [0.29, 0.717) is 11.1 Å². The lowest BCUT2D eigenvalue weighted by atomic mass is 10.0. The molecule has 2 aromatic rings. The molecule has 2 aromatic carbocycles. The lowest BCUT2D eigenvalue weighted by Gasteiger charge is -2.19. The van der Waals surface area contributed by atoms with Crippen molar-refractivity contribution in [1.82, 2.24) is 10.6 Å². The van der Waals surface area contributed by atoms with E-state index in [2.05, 4.69) is 10.6 Å². The molecule has 0 aromatic heterocycles. The van der Waals surface area contributed by atoms with Crippen molar-refractivity contribution in [3.63, 3.8) is 0 Å². The Kier molecular flexibility index (Phi) is 7.09. The van der Waals surface area contributed by atoms with E-state index in [-0.39, 0.29) is 11.6 Å². The van der Waals surface area contributed by atoms with Gasteiger partial charge in [-0.3, -0.25) is 9.59 Å². The quantitative estimate of drug-likeness (QED) is 0.644. The molecule has 0 heterocycles. The first kappa shape index (κ1) is 20.9. The van der Waals surface area contributed by atoms with Gasteiger partial charge in [-0.25, -0.2) is 4.79 Å². The van der Waals surface area contributed by atoms with Gasteiger partial charge in [0.15, 0.2) is 0 Å². The van der Waals surface area contributed by atoms with Crippen LogP contribution < -0.4 is 10.6 Å². The largest absolute Gasteiger partial charge is 0.480 e. The summed E-state index contributed by atoms with van der Waals surface area (Å²) < 4.78 is 0. The monoisotopic (exact) mass is 380 g/mol. The Labute approximate surface area is 164 Å². The van der Waals surface area contributed by atoms with Gasteiger partial charge in [0, 0.05) is 5.56 Å². The third-order valence-electron chi connectivity index (χ3n) is 4.14. The van der Waals surface area contributed by atoms with Gasteiger partial charge in [0.25, 0.3) is 11.8 Å². The zero-order valence-electron chi connectivity index (χ0n) is 16.1. The Morgan fingerprint density at radius 2 is 1.57 bits per heavy atom. The molecule has 0 aliphatic heterocycles. The van der Waals surface area contributed by atoms with Crippen LogP contribution in [0.2, 0.25) is 0 Å². The van der Waals surface area contributed by atoms with Crippen molar-refractivity contribution >= 4 is 23.9 Å². The second-order valence-corrected chi connectivity index (χ2v) is 6.82. The van der Waals surface area contributed by atoms with Gasteiger partial charge < -0.3 is 15.7 Å². The van der Waals surface area contributed by atoms with E-state index in [1.165, 1.54) is 6.08 Å². The van der Waals surface area contributed by atoms with Crippen LogP contribution in [0.4, 0.5) is 0 Å². The molecule has 1 atom stereocenters. The van der Waals surface area contributed by atoms with Gasteiger partial charge in [-0.1, -0.05) is 61.9 Å². The van der Waals surface area contributed by atoms with E-state index in [4.69, 9.17) is 0 Å². The van der Waals surface area contributed by atoms with Crippen LogP contribution in [0.3, 0.4) is 0 Å². The summed E-state index contributed by atoms with van der Waals surface area (Å²) in [6, 6.07) is 14.9. The van der Waals surface area contributed by atoms with E-state index in [9.17, 15) is 19.5 Å². The number of hydrogen-bond donors (Lipinski definition) is 3. The molecule has 0 aliphatic carbocycles. The van der Waals surface area contributed by atoms with Gasteiger partial charge in [-0.05, 0) is 36.6 Å². The fourth-order valence-electron chi connectivity index (χ4n) is 2.51. The van der Waals surface area contributed by atoms with Crippen molar-refractivity contribution in [2.45, 2.75) is 26.8 Å². The summed E-state index contributed by atoms with van der Waals surface area (Å²) in [6.07, 6.45) is 1.51. The van der Waals surface area contributed by atoms with E-state index in [1.54, 1.807) is 62.4 Å². The fourth-order valence-corrected chi connectivity index (χ4v) is 2.51. The maximum Gasteiger partial charge on any atom is 0.326 e. The molecule has 0 fully saturated rings. The third-order valence-corrected chi connectivity index (χ3v) is 4.14. The molecular weight excluding hydrogens is 356 g/mol. The average Bonchev–Trinajstić information content (AvgIpc) is 2.66. The highest BCUT2D eigenvalue weighted by atomic mass is 16.4. The Balaban J connectivity index is 2.30. The Morgan fingerprint density at radius 1 is 0.964 bits per heavy atom. The minimum Gasteiger partial charge on any atom is -0.480 e. The Morgan fingerprint density at radius 3 is 2.11 bits per heavy atom. The maximum absolute atomic E-state index is 12.7. The molecule has 0 unspecified atom stereocenters. The Bertz CT molecular complexity index is 871. The first-order valence-electron chi connectivity index (χ1n) is 8.96. The zero-order valence-corrected chi connectivity index (χ0v) is 16.1. The molecule has 146 valence electrons. The number of carbonyl (C=O) groups is 3. The normalized spacial score (nSPS) is 12.4. The van der Waals surface area contributed by atoms with Crippen molar-refractivity contribution in [1.29, 1.82) is 0 Å². The van der Waals surface area contributed by atoms with Gasteiger partial charge in [0.1, 0.15) is 11.7 Å². The molecule has 0 saturated heterocycles. The minimum atomic E-state index is -1.13. The first-order chi connectivity index (χ1) is 13.3. The SMILES string of the molecule is Cc1ccc(C(=O)N/C(=C/c2ccccc2)C(=O)N[C@@H](C(=O)O)C(C)C)cc1. The number of rotatable bonds is 7. The van der Waals surface area contributed by atoms with Gasteiger partial charge in [0.2, 0.25) is 0 Å². The van der Waals surface area contributed by atoms with Crippen molar-refractivity contribution in [2.75, 3.05) is 0 Å². The number of aryl methyl sites for hydroxylation is 1. The van der Waals surface area contributed by atoms with Crippen LogP contribution in [0, 0.1) is 12.8 Å². The molecule has 28 heavy (non-hydrogen) atoms. The molecule has 6 nitrogen and oxygen atoms in total. The van der Waals surface area contributed by atoms with Crippen LogP contribution in [0.15, 0.2) is 60.3 Å². The summed E-state index contributed by atoms with van der Waals surface area (Å²) in [4.78, 5) is 36.7. The van der Waals surface area contributed by atoms with Crippen molar-refractivity contribution in [3.05, 3.63) is 77.0 Å². The van der Waals surface area contributed by atoms with Crippen LogP contribution in [-0.4, -0.2) is 28.9 Å². The fraction of sp³-hybridized carbons (Fsp3) is 0.227. The zero-order chi connectivity index (χ0) is 20.7. The van der Waals surface area contributed by atoms with Gasteiger partial charge in [-0.2, -0.15) is 0 Å². The highest BCUT2D eigenvalue weighted by molar-refractivity contribution is 6.06. The molecule has 2 rings (SSSR count). The number of amides is 2. The Hall–Kier alpha value is -3.41. The molecule has 6 heteroatoms. The summed E-state index contributed by atoms with van der Waals surface area (Å²) in [7, 11) is 0. The van der Waals surface area contributed by atoms with Crippen LogP contribution >= 0.6 is 0 Å². The lowest BCUT2D eigenvalue weighted by Crippen LogP contribution is -2.47.